The highest BCUT2D eigenvalue weighted by Crippen LogP contribution is 2.16. The molecule has 0 unspecified atom stereocenters. The lowest BCUT2D eigenvalue weighted by atomic mass is 10.1. The molecule has 0 aromatic heterocycles. The van der Waals surface area contributed by atoms with Crippen molar-refractivity contribution in [3.05, 3.63) is 65.7 Å². The number of para-hydroxylation sites is 1. The number of nitriles is 1. The number of ether oxygens (including phenoxy) is 1. The van der Waals surface area contributed by atoms with E-state index < -0.39 is 5.91 Å². The van der Waals surface area contributed by atoms with E-state index in [0.717, 1.165) is 17.7 Å². The Labute approximate surface area is 148 Å². The lowest BCUT2D eigenvalue weighted by Crippen LogP contribution is -2.13. The fraction of sp³-hybridized carbons (Fsp3) is 0.238. The van der Waals surface area contributed by atoms with Gasteiger partial charge in [0, 0.05) is 5.69 Å². The summed E-state index contributed by atoms with van der Waals surface area (Å²) in [6.07, 6.45) is 2.57. The monoisotopic (exact) mass is 334 g/mol. The Balaban J connectivity index is 2.01. The Kier molecular flexibility index (Phi) is 6.79. The Bertz CT molecular complexity index is 757. The van der Waals surface area contributed by atoms with Gasteiger partial charge in [0.15, 0.2) is 0 Å². The van der Waals surface area contributed by atoms with E-state index in [1.54, 1.807) is 18.2 Å². The Morgan fingerprint density at radius 3 is 2.44 bits per heavy atom. The van der Waals surface area contributed by atoms with E-state index in [4.69, 9.17) is 4.74 Å². The second-order valence-electron chi connectivity index (χ2n) is 6.09. The molecule has 0 atom stereocenters. The Morgan fingerprint density at radius 1 is 1.16 bits per heavy atom. The number of hydrogen-bond acceptors (Lipinski definition) is 3. The molecule has 0 spiro atoms. The molecule has 0 aliphatic carbocycles. The SMILES string of the molecule is CC(C)CCOc1ccc(/C=C(\C#N)C(=O)Nc2ccccc2)cc1. The molecule has 128 valence electrons. The fourth-order valence-corrected chi connectivity index (χ4v) is 2.11. The third-order valence-electron chi connectivity index (χ3n) is 3.55. The summed E-state index contributed by atoms with van der Waals surface area (Å²) in [7, 11) is 0. The van der Waals surface area contributed by atoms with E-state index in [1.165, 1.54) is 0 Å². The van der Waals surface area contributed by atoms with Gasteiger partial charge in [-0.05, 0) is 48.2 Å². The van der Waals surface area contributed by atoms with E-state index in [2.05, 4.69) is 19.2 Å². The van der Waals surface area contributed by atoms with Crippen LogP contribution in [-0.4, -0.2) is 12.5 Å². The minimum atomic E-state index is -0.425. The number of rotatable bonds is 7. The molecule has 4 heteroatoms. The van der Waals surface area contributed by atoms with Crippen LogP contribution in [0.4, 0.5) is 5.69 Å². The van der Waals surface area contributed by atoms with Crippen molar-refractivity contribution in [1.82, 2.24) is 0 Å². The van der Waals surface area contributed by atoms with E-state index in [9.17, 15) is 10.1 Å². The van der Waals surface area contributed by atoms with Gasteiger partial charge < -0.3 is 10.1 Å². The summed E-state index contributed by atoms with van der Waals surface area (Å²) in [4.78, 5) is 12.2. The Hall–Kier alpha value is -3.06. The van der Waals surface area contributed by atoms with Gasteiger partial charge in [-0.2, -0.15) is 5.26 Å². The first-order valence-corrected chi connectivity index (χ1v) is 8.29. The largest absolute Gasteiger partial charge is 0.494 e. The van der Waals surface area contributed by atoms with Crippen molar-refractivity contribution in [2.24, 2.45) is 5.92 Å². The molecule has 4 nitrogen and oxygen atoms in total. The van der Waals surface area contributed by atoms with Crippen LogP contribution >= 0.6 is 0 Å². The zero-order chi connectivity index (χ0) is 18.1. The third-order valence-corrected chi connectivity index (χ3v) is 3.55. The van der Waals surface area contributed by atoms with Crippen LogP contribution in [0.15, 0.2) is 60.2 Å². The molecule has 0 bridgehead atoms. The van der Waals surface area contributed by atoms with Crippen LogP contribution < -0.4 is 10.1 Å². The molecular formula is C21H22N2O2. The highest BCUT2D eigenvalue weighted by molar-refractivity contribution is 6.09. The van der Waals surface area contributed by atoms with Crippen molar-refractivity contribution < 1.29 is 9.53 Å². The number of nitrogens with zero attached hydrogens (tertiary/aromatic N) is 1. The predicted octanol–water partition coefficient (Wildman–Crippen LogP) is 4.66. The summed E-state index contributed by atoms with van der Waals surface area (Å²) >= 11 is 0. The maximum Gasteiger partial charge on any atom is 0.266 e. The molecule has 0 aliphatic heterocycles. The van der Waals surface area contributed by atoms with Gasteiger partial charge in [0.25, 0.3) is 5.91 Å². The van der Waals surface area contributed by atoms with Gasteiger partial charge in [0.2, 0.25) is 0 Å². The summed E-state index contributed by atoms with van der Waals surface area (Å²) in [5.74, 6) is 0.958. The van der Waals surface area contributed by atoms with Crippen molar-refractivity contribution >= 4 is 17.7 Å². The van der Waals surface area contributed by atoms with E-state index in [-0.39, 0.29) is 5.57 Å². The van der Waals surface area contributed by atoms with Gasteiger partial charge in [-0.15, -0.1) is 0 Å². The molecule has 0 aliphatic rings. The number of amides is 1. The molecule has 2 rings (SSSR count). The minimum Gasteiger partial charge on any atom is -0.494 e. The van der Waals surface area contributed by atoms with Crippen molar-refractivity contribution in [2.75, 3.05) is 11.9 Å². The number of hydrogen-bond donors (Lipinski definition) is 1. The predicted molar refractivity (Wildman–Crippen MR) is 100 cm³/mol. The molecule has 2 aromatic carbocycles. The van der Waals surface area contributed by atoms with Crippen molar-refractivity contribution in [3.8, 4) is 11.8 Å². The van der Waals surface area contributed by atoms with Gasteiger partial charge in [-0.1, -0.05) is 44.2 Å². The fourth-order valence-electron chi connectivity index (χ4n) is 2.11. The number of benzene rings is 2. The number of nitrogens with one attached hydrogen (secondary N) is 1. The van der Waals surface area contributed by atoms with Gasteiger partial charge in [-0.3, -0.25) is 4.79 Å². The molecule has 1 N–H and O–H groups in total. The normalized spacial score (nSPS) is 11.0. The molecular weight excluding hydrogens is 312 g/mol. The zero-order valence-corrected chi connectivity index (χ0v) is 14.5. The van der Waals surface area contributed by atoms with Crippen molar-refractivity contribution in [2.45, 2.75) is 20.3 Å². The van der Waals surface area contributed by atoms with Gasteiger partial charge >= 0.3 is 0 Å². The van der Waals surface area contributed by atoms with Crippen molar-refractivity contribution in [3.63, 3.8) is 0 Å². The quantitative estimate of drug-likeness (QED) is 0.592. The maximum atomic E-state index is 12.2. The lowest BCUT2D eigenvalue weighted by Gasteiger charge is -2.08. The van der Waals surface area contributed by atoms with Gasteiger partial charge in [-0.25, -0.2) is 0 Å². The van der Waals surface area contributed by atoms with Gasteiger partial charge in [0.05, 0.1) is 6.61 Å². The smallest absolute Gasteiger partial charge is 0.266 e. The average Bonchev–Trinajstić information content (AvgIpc) is 2.61. The summed E-state index contributed by atoms with van der Waals surface area (Å²) in [5.41, 5.74) is 1.48. The highest BCUT2D eigenvalue weighted by atomic mass is 16.5. The molecule has 1 amide bonds. The lowest BCUT2D eigenvalue weighted by molar-refractivity contribution is -0.112. The molecule has 0 saturated heterocycles. The maximum absolute atomic E-state index is 12.2. The standard InChI is InChI=1S/C21H22N2O2/c1-16(2)12-13-25-20-10-8-17(9-11-20)14-18(15-22)21(24)23-19-6-4-3-5-7-19/h3-11,14,16H,12-13H2,1-2H3,(H,23,24)/b18-14+. The summed E-state index contributed by atoms with van der Waals surface area (Å²) < 4.78 is 5.66. The summed E-state index contributed by atoms with van der Waals surface area (Å²) in [6, 6.07) is 18.4. The van der Waals surface area contributed by atoms with Crippen LogP contribution in [0.5, 0.6) is 5.75 Å². The van der Waals surface area contributed by atoms with Crippen LogP contribution in [0.1, 0.15) is 25.8 Å². The molecule has 0 saturated carbocycles. The van der Waals surface area contributed by atoms with Crippen LogP contribution in [-0.2, 0) is 4.79 Å². The third kappa shape index (κ3) is 6.15. The summed E-state index contributed by atoms with van der Waals surface area (Å²) in [5, 5.41) is 12.0. The molecule has 0 radical (unpaired) electrons. The first-order chi connectivity index (χ1) is 12.1. The van der Waals surface area contributed by atoms with Gasteiger partial charge in [0.1, 0.15) is 17.4 Å². The molecule has 2 aromatic rings. The van der Waals surface area contributed by atoms with E-state index in [0.29, 0.717) is 18.2 Å². The second-order valence-corrected chi connectivity index (χ2v) is 6.09. The first kappa shape index (κ1) is 18.3. The van der Waals surface area contributed by atoms with Crippen molar-refractivity contribution in [1.29, 1.82) is 5.26 Å². The molecule has 25 heavy (non-hydrogen) atoms. The molecule has 0 fully saturated rings. The first-order valence-electron chi connectivity index (χ1n) is 8.29. The zero-order valence-electron chi connectivity index (χ0n) is 14.5. The van der Waals surface area contributed by atoms with Crippen LogP contribution in [0.3, 0.4) is 0 Å². The second kappa shape index (κ2) is 9.29. The van der Waals surface area contributed by atoms with Crippen LogP contribution in [0.25, 0.3) is 6.08 Å². The molecule has 0 heterocycles. The minimum absolute atomic E-state index is 0.0531. The van der Waals surface area contributed by atoms with Crippen LogP contribution in [0, 0.1) is 17.2 Å². The number of carbonyl (C=O) groups is 1. The average molecular weight is 334 g/mol. The van der Waals surface area contributed by atoms with E-state index in [1.807, 2.05) is 48.5 Å². The topological polar surface area (TPSA) is 62.1 Å². The Morgan fingerprint density at radius 2 is 1.84 bits per heavy atom. The number of carbonyl (C=O) groups excluding carboxylic acids is 1. The van der Waals surface area contributed by atoms with E-state index >= 15 is 0 Å². The van der Waals surface area contributed by atoms with Crippen LogP contribution in [0.2, 0.25) is 0 Å². The highest BCUT2D eigenvalue weighted by Gasteiger charge is 2.09. The summed E-state index contributed by atoms with van der Waals surface area (Å²) in [6.45, 7) is 4.98. The number of anilines is 1.